The highest BCUT2D eigenvalue weighted by molar-refractivity contribution is 5.98. The van der Waals surface area contributed by atoms with Gasteiger partial charge in [-0.05, 0) is 19.9 Å². The third-order valence-electron chi connectivity index (χ3n) is 2.42. The van der Waals surface area contributed by atoms with Crippen molar-refractivity contribution in [2.75, 3.05) is 13.7 Å². The fraction of sp³-hybridized carbons (Fsp3) is 0.417. The molecule has 1 aromatic rings. The summed E-state index contributed by atoms with van der Waals surface area (Å²) in [5.41, 5.74) is 0.308. The van der Waals surface area contributed by atoms with Gasteiger partial charge >= 0.3 is 5.97 Å². The molecule has 0 fully saturated rings. The summed E-state index contributed by atoms with van der Waals surface area (Å²) in [6, 6.07) is 1.30. The predicted molar refractivity (Wildman–Crippen MR) is 64.6 cm³/mol. The molecule has 0 bridgehead atoms. The lowest BCUT2D eigenvalue weighted by Gasteiger charge is -2.25. The van der Waals surface area contributed by atoms with Crippen molar-refractivity contribution in [3.8, 4) is 5.75 Å². The van der Waals surface area contributed by atoms with Crippen LogP contribution in [-0.2, 0) is 4.79 Å². The van der Waals surface area contributed by atoms with Crippen LogP contribution in [0.2, 0.25) is 0 Å². The van der Waals surface area contributed by atoms with Gasteiger partial charge in [0.2, 0.25) is 0 Å². The van der Waals surface area contributed by atoms with Crippen LogP contribution >= 0.6 is 0 Å². The molecule has 0 saturated carbocycles. The van der Waals surface area contributed by atoms with Crippen LogP contribution in [0, 0.1) is 0 Å². The summed E-state index contributed by atoms with van der Waals surface area (Å²) in [6.45, 7) is 3.17. The molecule has 0 saturated heterocycles. The van der Waals surface area contributed by atoms with Gasteiger partial charge in [-0.1, -0.05) is 0 Å². The van der Waals surface area contributed by atoms with Crippen LogP contribution in [0.3, 0.4) is 0 Å². The molecule has 0 radical (unpaired) electrons. The molecule has 0 aromatic carbocycles. The number of methoxy groups -OCH3 is 1. The van der Waals surface area contributed by atoms with Gasteiger partial charge in [-0.15, -0.1) is 0 Å². The zero-order chi connectivity index (χ0) is 13.7. The molecule has 1 rings (SSSR count). The van der Waals surface area contributed by atoms with Crippen LogP contribution in [0.15, 0.2) is 18.5 Å². The van der Waals surface area contributed by atoms with E-state index in [1.54, 1.807) is 13.8 Å². The van der Waals surface area contributed by atoms with Gasteiger partial charge in [0.1, 0.15) is 12.3 Å². The highest BCUT2D eigenvalue weighted by Crippen LogP contribution is 2.19. The van der Waals surface area contributed by atoms with Crippen molar-refractivity contribution < 1.29 is 19.4 Å². The number of carboxylic acid groups (broad SMARTS) is 1. The van der Waals surface area contributed by atoms with Crippen LogP contribution in [0.1, 0.15) is 24.2 Å². The second-order valence-electron chi connectivity index (χ2n) is 4.00. The van der Waals surface area contributed by atoms with Gasteiger partial charge in [-0.2, -0.15) is 0 Å². The molecule has 1 heterocycles. The number of hydrogen-bond acceptors (Lipinski definition) is 4. The van der Waals surface area contributed by atoms with E-state index >= 15 is 0 Å². The largest absolute Gasteiger partial charge is 0.494 e. The third-order valence-corrected chi connectivity index (χ3v) is 2.42. The van der Waals surface area contributed by atoms with Crippen molar-refractivity contribution >= 4 is 11.9 Å². The Morgan fingerprint density at radius 2 is 2.17 bits per heavy atom. The van der Waals surface area contributed by atoms with Crippen molar-refractivity contribution in [1.29, 1.82) is 0 Å². The highest BCUT2D eigenvalue weighted by Gasteiger charge is 2.23. The summed E-state index contributed by atoms with van der Waals surface area (Å²) in [6.07, 6.45) is 2.89. The molecule has 1 amide bonds. The standard InChI is InChI=1S/C12H16N2O4/c1-8(2)14(7-11(15)16)12(17)9-4-5-13-6-10(9)18-3/h4-6,8H,7H2,1-3H3,(H,15,16). The van der Waals surface area contributed by atoms with Gasteiger partial charge < -0.3 is 14.7 Å². The van der Waals surface area contributed by atoms with Gasteiger partial charge in [0.25, 0.3) is 5.91 Å². The molecule has 0 aliphatic rings. The number of rotatable bonds is 5. The van der Waals surface area contributed by atoms with E-state index in [-0.39, 0.29) is 18.5 Å². The number of carboxylic acids is 1. The molecule has 6 heteroatoms. The molecule has 0 spiro atoms. The Hall–Kier alpha value is -2.11. The Morgan fingerprint density at radius 1 is 1.50 bits per heavy atom. The van der Waals surface area contributed by atoms with Gasteiger partial charge in [-0.3, -0.25) is 14.6 Å². The molecular formula is C12H16N2O4. The molecule has 0 atom stereocenters. The quantitative estimate of drug-likeness (QED) is 0.846. The van der Waals surface area contributed by atoms with Crippen molar-refractivity contribution in [2.45, 2.75) is 19.9 Å². The van der Waals surface area contributed by atoms with Gasteiger partial charge in [0.15, 0.2) is 0 Å². The zero-order valence-corrected chi connectivity index (χ0v) is 10.6. The maximum atomic E-state index is 12.3. The lowest BCUT2D eigenvalue weighted by molar-refractivity contribution is -0.138. The first-order valence-corrected chi connectivity index (χ1v) is 5.48. The average Bonchev–Trinajstić information content (AvgIpc) is 2.34. The summed E-state index contributed by atoms with van der Waals surface area (Å²) < 4.78 is 5.04. The van der Waals surface area contributed by atoms with Crippen LogP contribution in [0.4, 0.5) is 0 Å². The summed E-state index contributed by atoms with van der Waals surface area (Å²) in [4.78, 5) is 28.1. The minimum Gasteiger partial charge on any atom is -0.494 e. The predicted octanol–water partition coefficient (Wildman–Crippen LogP) is 1.03. The van der Waals surface area contributed by atoms with Gasteiger partial charge in [0, 0.05) is 12.2 Å². The molecule has 1 N–H and O–H groups in total. The Labute approximate surface area is 105 Å². The Balaban J connectivity index is 3.05. The van der Waals surface area contributed by atoms with Crippen LogP contribution in [0.25, 0.3) is 0 Å². The SMILES string of the molecule is COc1cnccc1C(=O)N(CC(=O)O)C(C)C. The van der Waals surface area contributed by atoms with E-state index in [4.69, 9.17) is 9.84 Å². The van der Waals surface area contributed by atoms with Crippen LogP contribution in [0.5, 0.6) is 5.75 Å². The van der Waals surface area contributed by atoms with E-state index in [0.29, 0.717) is 11.3 Å². The number of carbonyl (C=O) groups excluding carboxylic acids is 1. The van der Waals surface area contributed by atoms with Crippen LogP contribution in [-0.4, -0.2) is 46.6 Å². The van der Waals surface area contributed by atoms with E-state index in [0.717, 1.165) is 0 Å². The first-order chi connectivity index (χ1) is 8.47. The normalized spacial score (nSPS) is 10.2. The van der Waals surface area contributed by atoms with E-state index in [1.165, 1.54) is 30.5 Å². The average molecular weight is 252 g/mol. The van der Waals surface area contributed by atoms with Crippen molar-refractivity contribution in [2.24, 2.45) is 0 Å². The number of aromatic nitrogens is 1. The molecular weight excluding hydrogens is 236 g/mol. The summed E-state index contributed by atoms with van der Waals surface area (Å²) in [7, 11) is 1.44. The van der Waals surface area contributed by atoms with E-state index in [1.807, 2.05) is 0 Å². The van der Waals surface area contributed by atoms with Crippen molar-refractivity contribution in [3.63, 3.8) is 0 Å². The third kappa shape index (κ3) is 3.19. The summed E-state index contributed by atoms with van der Waals surface area (Å²) >= 11 is 0. The molecule has 0 unspecified atom stereocenters. The zero-order valence-electron chi connectivity index (χ0n) is 10.6. The number of amides is 1. The van der Waals surface area contributed by atoms with E-state index in [9.17, 15) is 9.59 Å². The maximum absolute atomic E-state index is 12.3. The summed E-state index contributed by atoms with van der Waals surface area (Å²) in [5, 5.41) is 8.82. The van der Waals surface area contributed by atoms with E-state index in [2.05, 4.69) is 4.98 Å². The highest BCUT2D eigenvalue weighted by atomic mass is 16.5. The topological polar surface area (TPSA) is 79.7 Å². The van der Waals surface area contributed by atoms with Crippen molar-refractivity contribution in [1.82, 2.24) is 9.88 Å². The fourth-order valence-electron chi connectivity index (χ4n) is 1.51. The molecule has 0 aliphatic heterocycles. The van der Waals surface area contributed by atoms with Crippen molar-refractivity contribution in [3.05, 3.63) is 24.0 Å². The number of hydrogen-bond donors (Lipinski definition) is 1. The van der Waals surface area contributed by atoms with Gasteiger partial charge in [0.05, 0.1) is 18.9 Å². The lowest BCUT2D eigenvalue weighted by Crippen LogP contribution is -2.40. The second-order valence-corrected chi connectivity index (χ2v) is 4.00. The monoisotopic (exact) mass is 252 g/mol. The summed E-state index contributed by atoms with van der Waals surface area (Å²) in [5.74, 6) is -1.10. The number of nitrogens with zero attached hydrogens (tertiary/aromatic N) is 2. The maximum Gasteiger partial charge on any atom is 0.323 e. The molecule has 0 aliphatic carbocycles. The first-order valence-electron chi connectivity index (χ1n) is 5.48. The molecule has 1 aromatic heterocycles. The Kier molecular flexibility index (Phi) is 4.65. The smallest absolute Gasteiger partial charge is 0.323 e. The Morgan fingerprint density at radius 3 is 2.67 bits per heavy atom. The molecule has 98 valence electrons. The first kappa shape index (κ1) is 14.0. The van der Waals surface area contributed by atoms with Crippen LogP contribution < -0.4 is 4.74 Å². The lowest BCUT2D eigenvalue weighted by atomic mass is 10.2. The molecule has 18 heavy (non-hydrogen) atoms. The number of ether oxygens (including phenoxy) is 1. The fourth-order valence-corrected chi connectivity index (χ4v) is 1.51. The number of aliphatic carboxylic acids is 1. The van der Waals surface area contributed by atoms with E-state index < -0.39 is 5.97 Å². The number of pyridine rings is 1. The molecule has 6 nitrogen and oxygen atoms in total. The van der Waals surface area contributed by atoms with Gasteiger partial charge in [-0.25, -0.2) is 0 Å². The minimum absolute atomic E-state index is 0.216. The Bertz CT molecular complexity index is 445. The number of carbonyl (C=O) groups is 2. The minimum atomic E-state index is -1.05. The second kappa shape index (κ2) is 6.00.